The second kappa shape index (κ2) is 8.45. The Labute approximate surface area is 194 Å². The number of rotatable bonds is 4. The first-order chi connectivity index (χ1) is 15.5. The Bertz CT molecular complexity index is 1240. The Balaban J connectivity index is 1.38. The summed E-state index contributed by atoms with van der Waals surface area (Å²) in [5.74, 6) is 2.15. The van der Waals surface area contributed by atoms with Gasteiger partial charge in [0.15, 0.2) is 12.6 Å². The zero-order valence-corrected chi connectivity index (χ0v) is 19.3. The van der Waals surface area contributed by atoms with E-state index in [2.05, 4.69) is 15.9 Å². The van der Waals surface area contributed by atoms with Crippen LogP contribution in [0.15, 0.2) is 58.8 Å². The summed E-state index contributed by atoms with van der Waals surface area (Å²) in [6, 6.07) is 15.5. The van der Waals surface area contributed by atoms with Crippen LogP contribution in [-0.2, 0) is 18.0 Å². The van der Waals surface area contributed by atoms with E-state index in [1.165, 1.54) is 0 Å². The van der Waals surface area contributed by atoms with Crippen molar-refractivity contribution in [3.05, 3.63) is 92.1 Å². The van der Waals surface area contributed by atoms with Crippen molar-refractivity contribution < 1.29 is 23.7 Å². The molecule has 2 aliphatic rings. The van der Waals surface area contributed by atoms with Gasteiger partial charge < -0.3 is 18.9 Å². The van der Waals surface area contributed by atoms with E-state index in [1.54, 1.807) is 12.1 Å². The van der Waals surface area contributed by atoms with E-state index in [-0.39, 0.29) is 12.6 Å². The van der Waals surface area contributed by atoms with Crippen LogP contribution in [0.5, 0.6) is 17.2 Å². The minimum atomic E-state index is -0.112. The molecule has 3 aromatic carbocycles. The van der Waals surface area contributed by atoms with Crippen molar-refractivity contribution in [2.24, 2.45) is 0 Å². The molecule has 0 aromatic heterocycles. The van der Waals surface area contributed by atoms with E-state index >= 15 is 0 Å². The third-order valence-electron chi connectivity index (χ3n) is 5.46. The highest BCUT2D eigenvalue weighted by molar-refractivity contribution is 9.10. The minimum absolute atomic E-state index is 0.112. The lowest BCUT2D eigenvalue weighted by molar-refractivity contribution is -0.0176. The maximum Gasteiger partial charge on any atom is 0.232 e. The third kappa shape index (κ3) is 4.04. The van der Waals surface area contributed by atoms with E-state index in [1.807, 2.05) is 56.3 Å². The van der Waals surface area contributed by atoms with Gasteiger partial charge >= 0.3 is 0 Å². The number of halogens is 1. The van der Waals surface area contributed by atoms with E-state index in [9.17, 15) is 4.79 Å². The maximum atomic E-state index is 12.9. The zero-order chi connectivity index (χ0) is 22.2. The number of hydrogen-bond donors (Lipinski definition) is 0. The fourth-order valence-corrected chi connectivity index (χ4v) is 4.45. The molecule has 32 heavy (non-hydrogen) atoms. The number of carbonyl (C=O) groups excluding carboxylic acids is 1. The molecule has 2 heterocycles. The summed E-state index contributed by atoms with van der Waals surface area (Å²) in [7, 11) is 0. The number of carbonyl (C=O) groups is 1. The van der Waals surface area contributed by atoms with Gasteiger partial charge in [-0.25, -0.2) is 0 Å². The summed E-state index contributed by atoms with van der Waals surface area (Å²) >= 11 is 3.53. The highest BCUT2D eigenvalue weighted by Gasteiger charge is 2.30. The molecule has 0 saturated heterocycles. The lowest BCUT2D eigenvalue weighted by Crippen LogP contribution is -2.14. The van der Waals surface area contributed by atoms with Crippen LogP contribution >= 0.6 is 15.9 Å². The lowest BCUT2D eigenvalue weighted by atomic mass is 10.0. The predicted molar refractivity (Wildman–Crippen MR) is 124 cm³/mol. The number of ketones is 1. The molecular weight excluding hydrogens is 472 g/mol. The Morgan fingerprint density at radius 2 is 1.91 bits per heavy atom. The summed E-state index contributed by atoms with van der Waals surface area (Å²) in [6.45, 7) is 4.97. The third-order valence-corrected chi connectivity index (χ3v) is 5.92. The molecule has 3 aromatic rings. The quantitative estimate of drug-likeness (QED) is 0.410. The average molecular weight is 493 g/mol. The van der Waals surface area contributed by atoms with Gasteiger partial charge in [-0.05, 0) is 49.2 Å². The molecular formula is C26H21BrO5. The van der Waals surface area contributed by atoms with Crippen LogP contribution in [0, 0.1) is 13.8 Å². The second-order valence-electron chi connectivity index (χ2n) is 7.92. The van der Waals surface area contributed by atoms with Crippen molar-refractivity contribution in [3.63, 3.8) is 0 Å². The van der Waals surface area contributed by atoms with Crippen LogP contribution in [0.2, 0.25) is 0 Å². The molecule has 0 atom stereocenters. The number of ether oxygens (including phenoxy) is 4. The summed E-state index contributed by atoms with van der Waals surface area (Å²) in [6.07, 6.45) is 1.77. The minimum Gasteiger partial charge on any atom is -0.489 e. The van der Waals surface area contributed by atoms with Gasteiger partial charge in [-0.1, -0.05) is 45.8 Å². The molecule has 0 spiro atoms. The molecule has 0 saturated carbocycles. The van der Waals surface area contributed by atoms with Crippen LogP contribution < -0.4 is 14.2 Å². The van der Waals surface area contributed by atoms with Gasteiger partial charge in [0.05, 0.1) is 12.2 Å². The Morgan fingerprint density at radius 1 is 1.09 bits per heavy atom. The van der Waals surface area contributed by atoms with E-state index in [0.717, 1.165) is 38.0 Å². The molecule has 0 unspecified atom stereocenters. The molecule has 5 nitrogen and oxygen atoms in total. The number of fused-ring (bicyclic) bond motifs is 2. The summed E-state index contributed by atoms with van der Waals surface area (Å²) in [5, 5.41) is 0. The summed E-state index contributed by atoms with van der Waals surface area (Å²) < 4.78 is 24.0. The van der Waals surface area contributed by atoms with Gasteiger partial charge in [-0.3, -0.25) is 4.79 Å². The van der Waals surface area contributed by atoms with Gasteiger partial charge in [0.25, 0.3) is 0 Å². The van der Waals surface area contributed by atoms with Crippen molar-refractivity contribution in [1.82, 2.24) is 0 Å². The molecule has 0 fully saturated rings. The number of allylic oxidation sites excluding steroid dienone is 1. The Kier molecular flexibility index (Phi) is 5.49. The summed E-state index contributed by atoms with van der Waals surface area (Å²) in [4.78, 5) is 12.9. The normalized spacial score (nSPS) is 15.7. The first kappa shape index (κ1) is 20.8. The van der Waals surface area contributed by atoms with Crippen LogP contribution in [0.4, 0.5) is 0 Å². The van der Waals surface area contributed by atoms with Crippen molar-refractivity contribution in [2.75, 3.05) is 6.79 Å². The molecule has 5 rings (SSSR count). The fourth-order valence-electron chi connectivity index (χ4n) is 3.90. The van der Waals surface area contributed by atoms with Crippen molar-refractivity contribution in [2.45, 2.75) is 27.1 Å². The van der Waals surface area contributed by atoms with Crippen LogP contribution in [-0.4, -0.2) is 12.6 Å². The van der Waals surface area contributed by atoms with Crippen molar-refractivity contribution in [3.8, 4) is 17.2 Å². The predicted octanol–water partition coefficient (Wildman–Crippen LogP) is 6.13. The Morgan fingerprint density at radius 3 is 2.72 bits per heavy atom. The zero-order valence-electron chi connectivity index (χ0n) is 17.7. The number of benzene rings is 3. The standard InChI is InChI=1S/C26H21BrO5/c1-15-3-5-17(6-4-15)8-23-25(28)24-16(2)7-21(11-22(24)32-23)30-13-19-10-20(27)9-18-12-29-14-31-26(18)19/h3-11H,12-14H2,1-2H3/b23-8-. The van der Waals surface area contributed by atoms with E-state index < -0.39 is 0 Å². The Hall–Kier alpha value is -3.09. The SMILES string of the molecule is Cc1ccc(/C=C2\Oc3cc(OCc4cc(Br)cc5c4OCOC5)cc(C)c3C2=O)cc1. The molecule has 0 aliphatic carbocycles. The van der Waals surface area contributed by atoms with Gasteiger partial charge in [0.1, 0.15) is 23.9 Å². The summed E-state index contributed by atoms with van der Waals surface area (Å²) in [5.41, 5.74) is 5.38. The van der Waals surface area contributed by atoms with E-state index in [0.29, 0.717) is 36.0 Å². The first-order valence-corrected chi connectivity index (χ1v) is 11.1. The molecule has 0 bridgehead atoms. The van der Waals surface area contributed by atoms with Gasteiger partial charge in [0.2, 0.25) is 5.78 Å². The van der Waals surface area contributed by atoms with Gasteiger partial charge in [0, 0.05) is 21.7 Å². The van der Waals surface area contributed by atoms with Crippen LogP contribution in [0.1, 0.15) is 38.2 Å². The average Bonchev–Trinajstić information content (AvgIpc) is 3.09. The molecule has 162 valence electrons. The van der Waals surface area contributed by atoms with Crippen molar-refractivity contribution >= 4 is 27.8 Å². The van der Waals surface area contributed by atoms with Crippen LogP contribution in [0.25, 0.3) is 6.08 Å². The maximum absolute atomic E-state index is 12.9. The highest BCUT2D eigenvalue weighted by Crippen LogP contribution is 2.38. The van der Waals surface area contributed by atoms with Crippen molar-refractivity contribution in [1.29, 1.82) is 0 Å². The molecule has 0 N–H and O–H groups in total. The second-order valence-corrected chi connectivity index (χ2v) is 8.83. The first-order valence-electron chi connectivity index (χ1n) is 10.3. The number of aryl methyl sites for hydroxylation is 2. The smallest absolute Gasteiger partial charge is 0.232 e. The topological polar surface area (TPSA) is 54.0 Å². The highest BCUT2D eigenvalue weighted by atomic mass is 79.9. The van der Waals surface area contributed by atoms with Gasteiger partial charge in [-0.15, -0.1) is 0 Å². The van der Waals surface area contributed by atoms with Gasteiger partial charge in [-0.2, -0.15) is 0 Å². The molecule has 2 aliphatic heterocycles. The molecule has 6 heteroatoms. The largest absolute Gasteiger partial charge is 0.489 e. The number of hydrogen-bond acceptors (Lipinski definition) is 5. The monoisotopic (exact) mass is 492 g/mol. The fraction of sp³-hybridized carbons (Fsp3) is 0.192. The molecule has 0 radical (unpaired) electrons. The molecule has 0 amide bonds. The lowest BCUT2D eigenvalue weighted by Gasteiger charge is -2.21. The van der Waals surface area contributed by atoms with E-state index in [4.69, 9.17) is 18.9 Å². The number of Topliss-reactive ketones (excluding diaryl/α,β-unsaturated/α-hetero) is 1. The van der Waals surface area contributed by atoms with Crippen LogP contribution in [0.3, 0.4) is 0 Å².